The summed E-state index contributed by atoms with van der Waals surface area (Å²) in [7, 11) is 3.83. The van der Waals surface area contributed by atoms with E-state index in [1.165, 1.54) is 23.8 Å². The predicted molar refractivity (Wildman–Crippen MR) is 146 cm³/mol. The summed E-state index contributed by atoms with van der Waals surface area (Å²) in [6.45, 7) is 1.99. The van der Waals surface area contributed by atoms with Gasteiger partial charge in [0, 0.05) is 24.3 Å². The number of nitriles is 1. The Hall–Kier alpha value is -2.86. The maximum atomic E-state index is 12.8. The third kappa shape index (κ3) is 7.10. The molecule has 0 unspecified atom stereocenters. The number of halogens is 2. The first-order valence-electron chi connectivity index (χ1n) is 12.0. The van der Waals surface area contributed by atoms with Gasteiger partial charge in [-0.2, -0.15) is 5.26 Å². The lowest BCUT2D eigenvalue weighted by Gasteiger charge is -2.33. The molecule has 2 aromatic rings. The summed E-state index contributed by atoms with van der Waals surface area (Å²) < 4.78 is 0. The Morgan fingerprint density at radius 1 is 1.22 bits per heavy atom. The molecule has 4 rings (SSSR count). The van der Waals surface area contributed by atoms with Crippen LogP contribution >= 0.6 is 24.8 Å². The van der Waals surface area contributed by atoms with Crippen LogP contribution in [-0.4, -0.2) is 65.3 Å². The zero-order valence-corrected chi connectivity index (χ0v) is 22.4. The van der Waals surface area contributed by atoms with Crippen molar-refractivity contribution in [3.05, 3.63) is 53.1 Å². The van der Waals surface area contributed by atoms with Crippen molar-refractivity contribution in [2.75, 3.05) is 39.0 Å². The summed E-state index contributed by atoms with van der Waals surface area (Å²) in [5.74, 6) is 0.338. The zero-order chi connectivity index (χ0) is 24.1. The van der Waals surface area contributed by atoms with Crippen LogP contribution in [0.5, 0.6) is 0 Å². The number of benzene rings is 1. The molecule has 194 valence electrons. The first kappa shape index (κ1) is 29.4. The number of anilines is 1. The maximum Gasteiger partial charge on any atom is 0.291 e. The molecule has 1 aromatic heterocycles. The molecule has 0 bridgehead atoms. The SMILES string of the molecule is CN(C)CC(=O)N1CCC(c2ccc(NC(=O)c3ncc(C#N)[nH]3)c(C3=CCCCC3)c2)CC1.Cl.Cl. The van der Waals surface area contributed by atoms with Gasteiger partial charge in [0.2, 0.25) is 5.91 Å². The molecule has 1 aliphatic carbocycles. The second-order valence-corrected chi connectivity index (χ2v) is 9.38. The second kappa shape index (κ2) is 13.4. The van der Waals surface area contributed by atoms with Crippen molar-refractivity contribution in [1.29, 1.82) is 5.26 Å². The Morgan fingerprint density at radius 2 is 1.97 bits per heavy atom. The number of nitrogens with zero attached hydrogens (tertiary/aromatic N) is 4. The number of hydrogen-bond donors (Lipinski definition) is 2. The van der Waals surface area contributed by atoms with Crippen LogP contribution in [0.3, 0.4) is 0 Å². The van der Waals surface area contributed by atoms with E-state index in [0.717, 1.165) is 56.4 Å². The van der Waals surface area contributed by atoms with Crippen molar-refractivity contribution in [3.63, 3.8) is 0 Å². The van der Waals surface area contributed by atoms with E-state index in [0.29, 0.717) is 12.5 Å². The normalized spacial score (nSPS) is 15.8. The van der Waals surface area contributed by atoms with Crippen LogP contribution < -0.4 is 5.32 Å². The van der Waals surface area contributed by atoms with Gasteiger partial charge in [-0.05, 0) is 81.8 Å². The number of aromatic amines is 1. The Morgan fingerprint density at radius 3 is 2.58 bits per heavy atom. The minimum atomic E-state index is -0.361. The van der Waals surface area contributed by atoms with Crippen LogP contribution in [-0.2, 0) is 4.79 Å². The molecule has 0 atom stereocenters. The molecule has 0 saturated carbocycles. The number of amides is 2. The summed E-state index contributed by atoms with van der Waals surface area (Å²) in [5, 5.41) is 12.0. The number of likely N-dealkylation sites (N-methyl/N-ethyl adjacent to an activating group) is 1. The van der Waals surface area contributed by atoms with Gasteiger partial charge in [0.1, 0.15) is 11.8 Å². The van der Waals surface area contributed by atoms with Crippen LogP contribution in [0.25, 0.3) is 5.57 Å². The number of carbonyl (C=O) groups is 2. The topological polar surface area (TPSA) is 105 Å². The van der Waals surface area contributed by atoms with E-state index in [9.17, 15) is 9.59 Å². The minimum Gasteiger partial charge on any atom is -0.342 e. The van der Waals surface area contributed by atoms with Gasteiger partial charge in [0.25, 0.3) is 5.91 Å². The van der Waals surface area contributed by atoms with E-state index in [1.54, 1.807) is 0 Å². The lowest BCUT2D eigenvalue weighted by molar-refractivity contribution is -0.132. The first-order chi connectivity index (χ1) is 16.4. The average molecular weight is 534 g/mol. The summed E-state index contributed by atoms with van der Waals surface area (Å²) in [6.07, 6.45) is 9.87. The number of piperidine rings is 1. The van der Waals surface area contributed by atoms with Crippen molar-refractivity contribution in [2.24, 2.45) is 0 Å². The molecule has 1 saturated heterocycles. The Kier molecular flexibility index (Phi) is 11.0. The third-order valence-electron chi connectivity index (χ3n) is 6.61. The molecule has 1 aliphatic heterocycles. The van der Waals surface area contributed by atoms with E-state index in [2.05, 4.69) is 33.5 Å². The van der Waals surface area contributed by atoms with Gasteiger partial charge in [-0.25, -0.2) is 4.98 Å². The quantitative estimate of drug-likeness (QED) is 0.565. The molecular weight excluding hydrogens is 499 g/mol. The van der Waals surface area contributed by atoms with Gasteiger partial charge in [-0.1, -0.05) is 12.1 Å². The van der Waals surface area contributed by atoms with Gasteiger partial charge in [0.15, 0.2) is 5.82 Å². The molecule has 2 N–H and O–H groups in total. The predicted octanol–water partition coefficient (Wildman–Crippen LogP) is 4.60. The largest absolute Gasteiger partial charge is 0.342 e. The molecule has 8 nitrogen and oxygen atoms in total. The monoisotopic (exact) mass is 532 g/mol. The zero-order valence-electron chi connectivity index (χ0n) is 20.7. The van der Waals surface area contributed by atoms with E-state index < -0.39 is 0 Å². The Bertz CT molecular complexity index is 1130. The minimum absolute atomic E-state index is 0. The van der Waals surface area contributed by atoms with Gasteiger partial charge in [-0.3, -0.25) is 9.59 Å². The average Bonchev–Trinajstić information content (AvgIpc) is 3.34. The fourth-order valence-corrected chi connectivity index (χ4v) is 4.78. The van der Waals surface area contributed by atoms with Gasteiger partial charge in [-0.15, -0.1) is 24.8 Å². The summed E-state index contributed by atoms with van der Waals surface area (Å²) in [5.41, 5.74) is 4.59. The highest BCUT2D eigenvalue weighted by Gasteiger charge is 2.25. The van der Waals surface area contributed by atoms with Gasteiger partial charge in [0.05, 0.1) is 12.7 Å². The molecule has 10 heteroatoms. The number of allylic oxidation sites excluding steroid dienone is 2. The lowest BCUT2D eigenvalue weighted by Crippen LogP contribution is -2.42. The fraction of sp³-hybridized carbons (Fsp3) is 0.462. The molecule has 0 spiro atoms. The van der Waals surface area contributed by atoms with E-state index in [-0.39, 0.29) is 48.1 Å². The van der Waals surface area contributed by atoms with Crippen molar-refractivity contribution < 1.29 is 9.59 Å². The van der Waals surface area contributed by atoms with Crippen LogP contribution in [0.15, 0.2) is 30.5 Å². The van der Waals surface area contributed by atoms with Crippen molar-refractivity contribution in [3.8, 4) is 6.07 Å². The molecular formula is C26H34Cl2N6O2. The number of likely N-dealkylation sites (tertiary alicyclic amines) is 1. The number of aromatic nitrogens is 2. The highest BCUT2D eigenvalue weighted by atomic mass is 35.5. The van der Waals surface area contributed by atoms with Crippen molar-refractivity contribution in [1.82, 2.24) is 19.8 Å². The highest BCUT2D eigenvalue weighted by Crippen LogP contribution is 2.36. The van der Waals surface area contributed by atoms with Crippen LogP contribution in [0.2, 0.25) is 0 Å². The fourth-order valence-electron chi connectivity index (χ4n) is 4.78. The molecule has 0 radical (unpaired) electrons. The van der Waals surface area contributed by atoms with E-state index in [4.69, 9.17) is 5.26 Å². The van der Waals surface area contributed by atoms with Gasteiger partial charge >= 0.3 is 0 Å². The standard InChI is InChI=1S/C26H32N6O2.2ClH/c1-31(2)17-24(33)32-12-10-18(11-13-32)20-8-9-23(22(14-20)19-6-4-3-5-7-19)30-26(34)25-28-16-21(15-27)29-25;;/h6,8-9,14,16,18H,3-5,7,10-13,17H2,1-2H3,(H,28,29)(H,30,34);2*1H. The molecule has 2 aliphatic rings. The molecule has 2 heterocycles. The number of rotatable bonds is 6. The first-order valence-corrected chi connectivity index (χ1v) is 12.0. The van der Waals surface area contributed by atoms with Crippen LogP contribution in [0, 0.1) is 11.3 Å². The smallest absolute Gasteiger partial charge is 0.291 e. The summed E-state index contributed by atoms with van der Waals surface area (Å²) >= 11 is 0. The molecule has 1 fully saturated rings. The van der Waals surface area contributed by atoms with Gasteiger partial charge < -0.3 is 20.1 Å². The molecule has 36 heavy (non-hydrogen) atoms. The summed E-state index contributed by atoms with van der Waals surface area (Å²) in [4.78, 5) is 35.8. The number of imidazole rings is 1. The highest BCUT2D eigenvalue weighted by molar-refractivity contribution is 6.03. The lowest BCUT2D eigenvalue weighted by atomic mass is 9.85. The third-order valence-corrected chi connectivity index (χ3v) is 6.61. The number of nitrogens with one attached hydrogen (secondary N) is 2. The maximum absolute atomic E-state index is 12.8. The molecule has 1 aromatic carbocycles. The van der Waals surface area contributed by atoms with Crippen LogP contribution in [0.1, 0.15) is 71.9 Å². The Balaban J connectivity index is 0.00000228. The summed E-state index contributed by atoms with van der Waals surface area (Å²) in [6, 6.07) is 8.25. The van der Waals surface area contributed by atoms with Crippen molar-refractivity contribution >= 4 is 47.9 Å². The number of carbonyl (C=O) groups excluding carboxylic acids is 2. The number of hydrogen-bond acceptors (Lipinski definition) is 5. The van der Waals surface area contributed by atoms with Crippen LogP contribution in [0.4, 0.5) is 5.69 Å². The Labute approximate surface area is 225 Å². The van der Waals surface area contributed by atoms with Crippen molar-refractivity contribution in [2.45, 2.75) is 44.4 Å². The number of H-pyrrole nitrogens is 1. The molecule has 2 amide bonds. The van der Waals surface area contributed by atoms with E-state index in [1.807, 2.05) is 36.0 Å². The van der Waals surface area contributed by atoms with E-state index >= 15 is 0 Å². The second-order valence-electron chi connectivity index (χ2n) is 9.38.